The summed E-state index contributed by atoms with van der Waals surface area (Å²) in [6.07, 6.45) is 6.40. The molecule has 1 saturated heterocycles. The maximum atomic E-state index is 11.6. The lowest BCUT2D eigenvalue weighted by atomic mass is 10.1. The molecule has 5 heteroatoms. The summed E-state index contributed by atoms with van der Waals surface area (Å²) in [5, 5.41) is 2.91. The number of hydrogen-bond acceptors (Lipinski definition) is 3. The molecule has 1 saturated carbocycles. The van der Waals surface area contributed by atoms with Gasteiger partial charge in [-0.1, -0.05) is 0 Å². The first-order valence-electron chi connectivity index (χ1n) is 6.39. The van der Waals surface area contributed by atoms with E-state index in [4.69, 9.17) is 10.5 Å². The minimum Gasteiger partial charge on any atom is -0.378 e. The van der Waals surface area contributed by atoms with Gasteiger partial charge in [-0.3, -0.25) is 4.79 Å². The molecule has 1 aliphatic carbocycles. The van der Waals surface area contributed by atoms with Crippen molar-refractivity contribution >= 4 is 18.3 Å². The summed E-state index contributed by atoms with van der Waals surface area (Å²) in [7, 11) is 0. The summed E-state index contributed by atoms with van der Waals surface area (Å²) in [4.78, 5) is 11.6. The summed E-state index contributed by atoms with van der Waals surface area (Å²) in [6.45, 7) is 1.43. The first kappa shape index (κ1) is 14.7. The average molecular weight is 263 g/mol. The van der Waals surface area contributed by atoms with Crippen LogP contribution in [0.2, 0.25) is 0 Å². The number of halogens is 1. The van der Waals surface area contributed by atoms with Crippen molar-refractivity contribution in [3.8, 4) is 0 Å². The van der Waals surface area contributed by atoms with Gasteiger partial charge in [0.1, 0.15) is 0 Å². The Labute approximate surface area is 109 Å². The molecule has 2 atom stereocenters. The van der Waals surface area contributed by atoms with Gasteiger partial charge in [0, 0.05) is 19.2 Å². The molecule has 0 bridgehead atoms. The lowest BCUT2D eigenvalue weighted by molar-refractivity contribution is -0.124. The van der Waals surface area contributed by atoms with E-state index in [1.165, 1.54) is 19.3 Å². The standard InChI is InChI=1S/C12H22N2O2.ClH/c13-11(9-4-5-9)8-14-12(15)7-10-3-1-2-6-16-10;/h9-11H,1-8,13H2,(H,14,15);1H. The summed E-state index contributed by atoms with van der Waals surface area (Å²) in [6, 6.07) is 0.149. The van der Waals surface area contributed by atoms with Crippen LogP contribution in [0.15, 0.2) is 0 Å². The van der Waals surface area contributed by atoms with E-state index in [1.807, 2.05) is 0 Å². The van der Waals surface area contributed by atoms with Crippen molar-refractivity contribution in [2.24, 2.45) is 11.7 Å². The predicted molar refractivity (Wildman–Crippen MR) is 69.2 cm³/mol. The Kier molecular flexibility index (Phi) is 6.23. The van der Waals surface area contributed by atoms with Crippen LogP contribution in [0.1, 0.15) is 38.5 Å². The first-order chi connectivity index (χ1) is 7.75. The number of carbonyl (C=O) groups excluding carboxylic acids is 1. The molecule has 1 amide bonds. The normalized spacial score (nSPS) is 25.8. The summed E-state index contributed by atoms with van der Waals surface area (Å²) >= 11 is 0. The lowest BCUT2D eigenvalue weighted by Gasteiger charge is -2.22. The Morgan fingerprint density at radius 3 is 2.71 bits per heavy atom. The van der Waals surface area contributed by atoms with Gasteiger partial charge in [-0.2, -0.15) is 0 Å². The summed E-state index contributed by atoms with van der Waals surface area (Å²) in [5.41, 5.74) is 5.91. The molecule has 100 valence electrons. The van der Waals surface area contributed by atoms with Gasteiger partial charge in [-0.05, 0) is 38.0 Å². The van der Waals surface area contributed by atoms with E-state index in [0.29, 0.717) is 18.9 Å². The van der Waals surface area contributed by atoms with E-state index in [9.17, 15) is 4.79 Å². The van der Waals surface area contributed by atoms with Gasteiger partial charge in [-0.15, -0.1) is 12.4 Å². The molecule has 4 nitrogen and oxygen atoms in total. The number of rotatable bonds is 5. The molecule has 1 heterocycles. The van der Waals surface area contributed by atoms with Gasteiger partial charge < -0.3 is 15.8 Å². The highest BCUT2D eigenvalue weighted by Gasteiger charge is 2.28. The van der Waals surface area contributed by atoms with E-state index in [-0.39, 0.29) is 30.5 Å². The minimum absolute atomic E-state index is 0. The maximum Gasteiger partial charge on any atom is 0.222 e. The maximum absolute atomic E-state index is 11.6. The smallest absolute Gasteiger partial charge is 0.222 e. The minimum atomic E-state index is 0. The van der Waals surface area contributed by atoms with Crippen LogP contribution in [0.4, 0.5) is 0 Å². The van der Waals surface area contributed by atoms with Crippen LogP contribution in [0.25, 0.3) is 0 Å². The number of hydrogen-bond donors (Lipinski definition) is 2. The third-order valence-corrected chi connectivity index (χ3v) is 3.45. The molecular weight excluding hydrogens is 240 g/mol. The highest BCUT2D eigenvalue weighted by Crippen LogP contribution is 2.31. The van der Waals surface area contributed by atoms with Gasteiger partial charge in [0.2, 0.25) is 5.91 Å². The first-order valence-corrected chi connectivity index (χ1v) is 6.39. The van der Waals surface area contributed by atoms with Crippen molar-refractivity contribution in [1.29, 1.82) is 0 Å². The number of amides is 1. The second-order valence-electron chi connectivity index (χ2n) is 5.00. The van der Waals surface area contributed by atoms with E-state index < -0.39 is 0 Å². The third-order valence-electron chi connectivity index (χ3n) is 3.45. The van der Waals surface area contributed by atoms with Gasteiger partial charge in [0.15, 0.2) is 0 Å². The molecule has 0 radical (unpaired) electrons. The zero-order valence-electron chi connectivity index (χ0n) is 10.2. The fourth-order valence-electron chi connectivity index (χ4n) is 2.17. The van der Waals surface area contributed by atoms with E-state index in [1.54, 1.807) is 0 Å². The highest BCUT2D eigenvalue weighted by atomic mass is 35.5. The number of nitrogens with one attached hydrogen (secondary N) is 1. The third kappa shape index (κ3) is 5.23. The molecule has 17 heavy (non-hydrogen) atoms. The van der Waals surface area contributed by atoms with E-state index in [0.717, 1.165) is 19.4 Å². The van der Waals surface area contributed by atoms with Gasteiger partial charge in [0.25, 0.3) is 0 Å². The largest absolute Gasteiger partial charge is 0.378 e. The van der Waals surface area contributed by atoms with Gasteiger partial charge in [0.05, 0.1) is 12.5 Å². The van der Waals surface area contributed by atoms with Crippen LogP contribution in [0, 0.1) is 5.92 Å². The molecule has 0 aromatic heterocycles. The molecule has 0 aromatic carbocycles. The molecular formula is C12H23ClN2O2. The van der Waals surface area contributed by atoms with Crippen molar-refractivity contribution in [3.05, 3.63) is 0 Å². The van der Waals surface area contributed by atoms with Crippen molar-refractivity contribution in [3.63, 3.8) is 0 Å². The quantitative estimate of drug-likeness (QED) is 0.783. The van der Waals surface area contributed by atoms with Gasteiger partial charge >= 0.3 is 0 Å². The predicted octanol–water partition coefficient (Wildman–Crippen LogP) is 1.22. The van der Waals surface area contributed by atoms with Crippen molar-refractivity contribution in [2.45, 2.75) is 50.7 Å². The molecule has 2 fully saturated rings. The van der Waals surface area contributed by atoms with Crippen molar-refractivity contribution < 1.29 is 9.53 Å². The number of ether oxygens (including phenoxy) is 1. The zero-order chi connectivity index (χ0) is 11.4. The Hall–Kier alpha value is -0.320. The van der Waals surface area contributed by atoms with E-state index >= 15 is 0 Å². The molecule has 3 N–H and O–H groups in total. The second kappa shape index (κ2) is 7.19. The van der Waals surface area contributed by atoms with Crippen LogP contribution >= 0.6 is 12.4 Å². The Balaban J connectivity index is 0.00000144. The monoisotopic (exact) mass is 262 g/mol. The summed E-state index contributed by atoms with van der Waals surface area (Å²) < 4.78 is 5.52. The van der Waals surface area contributed by atoms with Crippen LogP contribution in [0.5, 0.6) is 0 Å². The second-order valence-corrected chi connectivity index (χ2v) is 5.00. The Bertz CT molecular complexity index is 241. The number of carbonyl (C=O) groups is 1. The fraction of sp³-hybridized carbons (Fsp3) is 0.917. The Morgan fingerprint density at radius 1 is 1.35 bits per heavy atom. The van der Waals surface area contributed by atoms with Crippen LogP contribution in [-0.4, -0.2) is 31.2 Å². The molecule has 2 unspecified atom stereocenters. The van der Waals surface area contributed by atoms with Crippen LogP contribution < -0.4 is 11.1 Å². The molecule has 0 spiro atoms. The molecule has 0 aromatic rings. The van der Waals surface area contributed by atoms with Crippen LogP contribution in [-0.2, 0) is 9.53 Å². The van der Waals surface area contributed by atoms with Crippen LogP contribution in [0.3, 0.4) is 0 Å². The lowest BCUT2D eigenvalue weighted by Crippen LogP contribution is -2.40. The molecule has 1 aliphatic heterocycles. The topological polar surface area (TPSA) is 64.3 Å². The molecule has 2 rings (SSSR count). The molecule has 2 aliphatic rings. The van der Waals surface area contributed by atoms with E-state index in [2.05, 4.69) is 5.32 Å². The highest BCUT2D eigenvalue weighted by molar-refractivity contribution is 5.85. The SMILES string of the molecule is Cl.NC(CNC(=O)CC1CCCCO1)C1CC1. The fourth-order valence-corrected chi connectivity index (χ4v) is 2.17. The van der Waals surface area contributed by atoms with Crippen molar-refractivity contribution in [1.82, 2.24) is 5.32 Å². The number of nitrogens with two attached hydrogens (primary N) is 1. The zero-order valence-corrected chi connectivity index (χ0v) is 11.0. The Morgan fingerprint density at radius 2 is 2.12 bits per heavy atom. The van der Waals surface area contributed by atoms with Crippen molar-refractivity contribution in [2.75, 3.05) is 13.2 Å². The van der Waals surface area contributed by atoms with Gasteiger partial charge in [-0.25, -0.2) is 0 Å². The average Bonchev–Trinajstić information content (AvgIpc) is 3.11. The summed E-state index contributed by atoms with van der Waals surface area (Å²) in [5.74, 6) is 0.731.